The molecule has 3 N–H and O–H groups in total. The number of halogens is 1. The number of nitrogens with two attached hydrogens (primary N) is 1. The Labute approximate surface area is 105 Å². The summed E-state index contributed by atoms with van der Waals surface area (Å²) in [4.78, 5) is -0.601. The summed E-state index contributed by atoms with van der Waals surface area (Å²) in [5.41, 5.74) is 5.46. The van der Waals surface area contributed by atoms with Gasteiger partial charge in [-0.15, -0.1) is 0 Å². The van der Waals surface area contributed by atoms with Crippen LogP contribution in [0.15, 0.2) is 23.1 Å². The van der Waals surface area contributed by atoms with Crippen molar-refractivity contribution in [1.82, 2.24) is 4.72 Å². The van der Waals surface area contributed by atoms with Gasteiger partial charge in [-0.1, -0.05) is 0 Å². The number of benzene rings is 1. The Morgan fingerprint density at radius 2 is 1.89 bits per heavy atom. The van der Waals surface area contributed by atoms with Crippen LogP contribution in [0.1, 0.15) is 0 Å². The minimum absolute atomic E-state index is 0.0971. The number of hydrogen-bond acceptors (Lipinski definition) is 5. The quantitative estimate of drug-likeness (QED) is 0.728. The van der Waals surface area contributed by atoms with Crippen molar-refractivity contribution < 1.29 is 21.2 Å². The molecule has 0 aliphatic carbocycles. The van der Waals surface area contributed by atoms with E-state index in [0.29, 0.717) is 0 Å². The highest BCUT2D eigenvalue weighted by atomic mass is 32.2. The fourth-order valence-electron chi connectivity index (χ4n) is 1.17. The maximum atomic E-state index is 13.3. The minimum atomic E-state index is -4.11. The Bertz CT molecular complexity index is 641. The van der Waals surface area contributed by atoms with E-state index in [1.165, 1.54) is 6.07 Å². The maximum absolute atomic E-state index is 13.3. The van der Waals surface area contributed by atoms with E-state index in [-0.39, 0.29) is 18.0 Å². The predicted molar refractivity (Wildman–Crippen MR) is 65.7 cm³/mol. The number of nitrogen functional groups attached to an aromatic ring is 1. The molecule has 1 rings (SSSR count). The summed E-state index contributed by atoms with van der Waals surface area (Å²) in [6, 6.07) is 3.13. The molecule has 9 heteroatoms. The number of sulfonamides is 1. The van der Waals surface area contributed by atoms with E-state index in [2.05, 4.69) is 0 Å². The van der Waals surface area contributed by atoms with Crippen LogP contribution in [0, 0.1) is 5.82 Å². The molecule has 6 nitrogen and oxygen atoms in total. The standard InChI is InChI=1S/C9H13FN2O4S2/c1-17(13,14)5-4-12-18(15,16)9-6-7(11)2-3-8(9)10/h2-3,6,12H,4-5,11H2,1H3. The van der Waals surface area contributed by atoms with E-state index in [4.69, 9.17) is 5.73 Å². The van der Waals surface area contributed by atoms with Crippen molar-refractivity contribution in [1.29, 1.82) is 0 Å². The molecule has 0 bridgehead atoms. The molecule has 0 heterocycles. The van der Waals surface area contributed by atoms with Crippen molar-refractivity contribution in [2.75, 3.05) is 24.3 Å². The fraction of sp³-hybridized carbons (Fsp3) is 0.333. The highest BCUT2D eigenvalue weighted by Gasteiger charge is 2.19. The van der Waals surface area contributed by atoms with Gasteiger partial charge in [0.25, 0.3) is 0 Å². The van der Waals surface area contributed by atoms with Crippen LogP contribution in [0.4, 0.5) is 10.1 Å². The first-order valence-electron chi connectivity index (χ1n) is 4.84. The summed E-state index contributed by atoms with van der Waals surface area (Å²) in [5, 5.41) is 0. The molecule has 1 aromatic rings. The Hall–Kier alpha value is -1.19. The third-order valence-electron chi connectivity index (χ3n) is 2.01. The molecule has 0 saturated carbocycles. The Morgan fingerprint density at radius 1 is 1.28 bits per heavy atom. The van der Waals surface area contributed by atoms with Gasteiger partial charge in [0.15, 0.2) is 0 Å². The van der Waals surface area contributed by atoms with Crippen molar-refractivity contribution in [3.8, 4) is 0 Å². The van der Waals surface area contributed by atoms with Gasteiger partial charge in [0, 0.05) is 18.5 Å². The normalized spacial score (nSPS) is 12.6. The number of nitrogens with one attached hydrogen (secondary N) is 1. The maximum Gasteiger partial charge on any atom is 0.243 e. The van der Waals surface area contributed by atoms with Crippen molar-refractivity contribution in [3.63, 3.8) is 0 Å². The molecule has 1 aromatic carbocycles. The van der Waals surface area contributed by atoms with E-state index in [0.717, 1.165) is 18.4 Å². The number of sulfone groups is 1. The summed E-state index contributed by atoms with van der Waals surface area (Å²) in [5.74, 6) is -1.31. The van der Waals surface area contributed by atoms with E-state index < -0.39 is 30.6 Å². The first-order chi connectivity index (χ1) is 8.12. The third kappa shape index (κ3) is 4.24. The summed E-state index contributed by atoms with van der Waals surface area (Å²) < 4.78 is 60.4. The van der Waals surface area contributed by atoms with Gasteiger partial charge in [0.2, 0.25) is 10.0 Å². The molecule has 18 heavy (non-hydrogen) atoms. The Balaban J connectivity index is 2.90. The van der Waals surface area contributed by atoms with Crippen molar-refractivity contribution >= 4 is 25.5 Å². The fourth-order valence-corrected chi connectivity index (χ4v) is 2.91. The smallest absolute Gasteiger partial charge is 0.243 e. The Kier molecular flexibility index (Phi) is 4.30. The number of rotatable bonds is 5. The topological polar surface area (TPSA) is 106 Å². The molecule has 0 aromatic heterocycles. The third-order valence-corrected chi connectivity index (χ3v) is 4.43. The highest BCUT2D eigenvalue weighted by Crippen LogP contribution is 2.17. The molecule has 0 spiro atoms. The molecule has 102 valence electrons. The molecule has 0 aliphatic heterocycles. The number of anilines is 1. The van der Waals surface area contributed by atoms with Crippen LogP contribution in [0.2, 0.25) is 0 Å². The average molecular weight is 296 g/mol. The van der Waals surface area contributed by atoms with E-state index >= 15 is 0 Å². The zero-order valence-corrected chi connectivity index (χ0v) is 11.2. The van der Waals surface area contributed by atoms with Crippen molar-refractivity contribution in [2.24, 2.45) is 0 Å². The van der Waals surface area contributed by atoms with E-state index in [1.54, 1.807) is 0 Å². The summed E-state index contributed by atoms with van der Waals surface area (Å²) in [6.07, 6.45) is 0.975. The van der Waals surface area contributed by atoms with Crippen LogP contribution < -0.4 is 10.5 Å². The van der Waals surface area contributed by atoms with E-state index in [1.807, 2.05) is 4.72 Å². The van der Waals surface area contributed by atoms with Gasteiger partial charge in [-0.25, -0.2) is 25.9 Å². The molecule has 0 atom stereocenters. The second-order valence-electron chi connectivity index (χ2n) is 3.72. The van der Waals surface area contributed by atoms with Crippen LogP contribution in [0.5, 0.6) is 0 Å². The van der Waals surface area contributed by atoms with Gasteiger partial charge < -0.3 is 5.73 Å². The molecule has 0 radical (unpaired) electrons. The average Bonchev–Trinajstić information content (AvgIpc) is 2.19. The SMILES string of the molecule is CS(=O)(=O)CCNS(=O)(=O)c1cc(N)ccc1F. The van der Waals surface area contributed by atoms with Gasteiger partial charge in [-0.05, 0) is 18.2 Å². The van der Waals surface area contributed by atoms with Gasteiger partial charge in [0.1, 0.15) is 20.5 Å². The molecule has 0 fully saturated rings. The lowest BCUT2D eigenvalue weighted by Crippen LogP contribution is -2.29. The minimum Gasteiger partial charge on any atom is -0.399 e. The van der Waals surface area contributed by atoms with Crippen LogP contribution in [0.25, 0.3) is 0 Å². The Morgan fingerprint density at radius 3 is 2.44 bits per heavy atom. The molecular weight excluding hydrogens is 283 g/mol. The lowest BCUT2D eigenvalue weighted by Gasteiger charge is -2.07. The first kappa shape index (κ1) is 14.9. The highest BCUT2D eigenvalue weighted by molar-refractivity contribution is 7.91. The van der Waals surface area contributed by atoms with Crippen LogP contribution in [-0.2, 0) is 19.9 Å². The lowest BCUT2D eigenvalue weighted by molar-refractivity contribution is 0.558. The van der Waals surface area contributed by atoms with Crippen LogP contribution >= 0.6 is 0 Å². The van der Waals surface area contributed by atoms with Crippen molar-refractivity contribution in [3.05, 3.63) is 24.0 Å². The molecule has 0 saturated heterocycles. The largest absolute Gasteiger partial charge is 0.399 e. The van der Waals surface area contributed by atoms with Crippen LogP contribution in [-0.4, -0.2) is 35.4 Å². The van der Waals surface area contributed by atoms with Gasteiger partial charge in [-0.2, -0.15) is 0 Å². The van der Waals surface area contributed by atoms with Gasteiger partial charge >= 0.3 is 0 Å². The predicted octanol–water partition coefficient (Wildman–Crippen LogP) is -0.269. The summed E-state index contributed by atoms with van der Waals surface area (Å²) in [7, 11) is -7.40. The molecule has 0 unspecified atom stereocenters. The van der Waals surface area contributed by atoms with Gasteiger partial charge in [0.05, 0.1) is 5.75 Å². The molecular formula is C9H13FN2O4S2. The monoisotopic (exact) mass is 296 g/mol. The summed E-state index contributed by atoms with van der Waals surface area (Å²) >= 11 is 0. The lowest BCUT2D eigenvalue weighted by atomic mass is 10.3. The zero-order valence-electron chi connectivity index (χ0n) is 9.55. The first-order valence-corrected chi connectivity index (χ1v) is 8.38. The van der Waals surface area contributed by atoms with Gasteiger partial charge in [-0.3, -0.25) is 0 Å². The molecule has 0 amide bonds. The number of hydrogen-bond donors (Lipinski definition) is 2. The second-order valence-corrected chi connectivity index (χ2v) is 7.71. The molecule has 0 aliphatic rings. The second kappa shape index (κ2) is 5.21. The van der Waals surface area contributed by atoms with E-state index in [9.17, 15) is 21.2 Å². The summed E-state index contributed by atoms with van der Waals surface area (Å²) in [6.45, 7) is -0.324. The zero-order chi connectivity index (χ0) is 14.0. The van der Waals surface area contributed by atoms with Crippen LogP contribution in [0.3, 0.4) is 0 Å². The van der Waals surface area contributed by atoms with Crippen molar-refractivity contribution in [2.45, 2.75) is 4.90 Å².